The van der Waals surface area contributed by atoms with Crippen LogP contribution in [0.2, 0.25) is 0 Å². The Balaban J connectivity index is 2.43. The summed E-state index contributed by atoms with van der Waals surface area (Å²) in [6, 6.07) is 9.41. The number of nitrogens with one attached hydrogen (secondary N) is 1. The fourth-order valence-corrected chi connectivity index (χ4v) is 1.72. The summed E-state index contributed by atoms with van der Waals surface area (Å²) in [5.41, 5.74) is 7.07. The molecule has 1 aromatic rings. The van der Waals surface area contributed by atoms with E-state index < -0.39 is 0 Å². The van der Waals surface area contributed by atoms with E-state index in [1.54, 1.807) is 7.11 Å². The third kappa shape index (κ3) is 4.47. The molecule has 0 saturated carbocycles. The van der Waals surface area contributed by atoms with Gasteiger partial charge in [-0.1, -0.05) is 37.3 Å². The Morgan fingerprint density at radius 3 is 2.67 bits per heavy atom. The fourth-order valence-electron chi connectivity index (χ4n) is 1.72. The van der Waals surface area contributed by atoms with Gasteiger partial charge in [0.05, 0.1) is 5.92 Å². The molecule has 1 amide bonds. The van der Waals surface area contributed by atoms with Gasteiger partial charge < -0.3 is 15.8 Å². The van der Waals surface area contributed by atoms with Crippen LogP contribution in [0.3, 0.4) is 0 Å². The van der Waals surface area contributed by atoms with Crippen molar-refractivity contribution in [2.75, 3.05) is 20.3 Å². The fraction of sp³-hybridized carbons (Fsp3) is 0.500. The molecule has 0 radical (unpaired) electrons. The predicted molar refractivity (Wildman–Crippen MR) is 72.0 cm³/mol. The van der Waals surface area contributed by atoms with Crippen molar-refractivity contribution in [2.45, 2.75) is 19.4 Å². The molecule has 18 heavy (non-hydrogen) atoms. The van der Waals surface area contributed by atoms with E-state index in [9.17, 15) is 4.79 Å². The van der Waals surface area contributed by atoms with Gasteiger partial charge in [0, 0.05) is 26.3 Å². The van der Waals surface area contributed by atoms with Gasteiger partial charge in [-0.3, -0.25) is 4.79 Å². The number of hydrogen-bond donors (Lipinski definition) is 2. The molecular weight excluding hydrogens is 228 g/mol. The summed E-state index contributed by atoms with van der Waals surface area (Å²) in [5, 5.41) is 2.87. The molecule has 1 aromatic carbocycles. The van der Waals surface area contributed by atoms with Gasteiger partial charge in [0.15, 0.2) is 0 Å². The standard InChI is InChI=1S/C14H22N2O2/c1-11(14(17)16-9-6-10-18-2)13(15)12-7-4-3-5-8-12/h3-5,7-8,11,13H,6,9-10,15H2,1-2H3,(H,16,17). The zero-order chi connectivity index (χ0) is 13.4. The molecule has 0 aliphatic carbocycles. The Labute approximate surface area is 109 Å². The smallest absolute Gasteiger partial charge is 0.224 e. The van der Waals surface area contributed by atoms with Crippen molar-refractivity contribution in [1.82, 2.24) is 5.32 Å². The van der Waals surface area contributed by atoms with E-state index in [2.05, 4.69) is 5.32 Å². The van der Waals surface area contributed by atoms with Crippen LogP contribution in [0.15, 0.2) is 30.3 Å². The summed E-state index contributed by atoms with van der Waals surface area (Å²) in [6.45, 7) is 3.13. The molecule has 2 unspecified atom stereocenters. The monoisotopic (exact) mass is 250 g/mol. The number of rotatable bonds is 7. The van der Waals surface area contributed by atoms with Gasteiger partial charge in [-0.2, -0.15) is 0 Å². The average molecular weight is 250 g/mol. The largest absolute Gasteiger partial charge is 0.385 e. The van der Waals surface area contributed by atoms with E-state index in [0.29, 0.717) is 13.2 Å². The molecule has 0 aliphatic rings. The highest BCUT2D eigenvalue weighted by atomic mass is 16.5. The molecule has 4 nitrogen and oxygen atoms in total. The first-order valence-electron chi connectivity index (χ1n) is 6.24. The quantitative estimate of drug-likeness (QED) is 0.720. The molecule has 3 N–H and O–H groups in total. The highest BCUT2D eigenvalue weighted by Crippen LogP contribution is 2.18. The van der Waals surface area contributed by atoms with Crippen LogP contribution < -0.4 is 11.1 Å². The number of nitrogens with two attached hydrogens (primary N) is 1. The number of ether oxygens (including phenoxy) is 1. The number of carbonyl (C=O) groups excluding carboxylic acids is 1. The zero-order valence-electron chi connectivity index (χ0n) is 11.1. The van der Waals surface area contributed by atoms with Crippen LogP contribution in [0.1, 0.15) is 24.9 Å². The maximum atomic E-state index is 11.9. The Morgan fingerprint density at radius 1 is 1.39 bits per heavy atom. The molecule has 0 heterocycles. The van der Waals surface area contributed by atoms with Crippen LogP contribution in [-0.4, -0.2) is 26.2 Å². The van der Waals surface area contributed by atoms with Crippen molar-refractivity contribution in [3.63, 3.8) is 0 Å². The number of benzene rings is 1. The van der Waals surface area contributed by atoms with Crippen molar-refractivity contribution < 1.29 is 9.53 Å². The second-order valence-electron chi connectivity index (χ2n) is 4.36. The van der Waals surface area contributed by atoms with Crippen molar-refractivity contribution >= 4 is 5.91 Å². The predicted octanol–water partition coefficient (Wildman–Crippen LogP) is 1.48. The highest BCUT2D eigenvalue weighted by Gasteiger charge is 2.21. The van der Waals surface area contributed by atoms with Crippen molar-refractivity contribution in [2.24, 2.45) is 11.7 Å². The number of methoxy groups -OCH3 is 1. The van der Waals surface area contributed by atoms with Crippen LogP contribution in [-0.2, 0) is 9.53 Å². The van der Waals surface area contributed by atoms with Gasteiger partial charge in [0.1, 0.15) is 0 Å². The molecule has 0 spiro atoms. The lowest BCUT2D eigenvalue weighted by Gasteiger charge is -2.19. The van der Waals surface area contributed by atoms with Crippen LogP contribution >= 0.6 is 0 Å². The minimum Gasteiger partial charge on any atom is -0.385 e. The maximum absolute atomic E-state index is 11.9. The Morgan fingerprint density at radius 2 is 2.06 bits per heavy atom. The first kappa shape index (κ1) is 14.7. The van der Waals surface area contributed by atoms with E-state index in [1.807, 2.05) is 37.3 Å². The van der Waals surface area contributed by atoms with E-state index in [-0.39, 0.29) is 17.9 Å². The molecule has 2 atom stereocenters. The SMILES string of the molecule is COCCCNC(=O)C(C)C(N)c1ccccc1. The molecule has 0 fully saturated rings. The lowest BCUT2D eigenvalue weighted by atomic mass is 9.95. The molecule has 100 valence electrons. The second-order valence-corrected chi connectivity index (χ2v) is 4.36. The number of carbonyl (C=O) groups is 1. The molecule has 4 heteroatoms. The molecule has 1 rings (SSSR count). The minimum atomic E-state index is -0.270. The average Bonchev–Trinajstić information content (AvgIpc) is 2.42. The van der Waals surface area contributed by atoms with Crippen LogP contribution in [0.5, 0.6) is 0 Å². The Bertz CT molecular complexity index is 354. The van der Waals surface area contributed by atoms with Crippen LogP contribution in [0, 0.1) is 5.92 Å². The summed E-state index contributed by atoms with van der Waals surface area (Å²) in [6.07, 6.45) is 0.815. The molecular formula is C14H22N2O2. The first-order valence-corrected chi connectivity index (χ1v) is 6.24. The van der Waals surface area contributed by atoms with Crippen LogP contribution in [0.25, 0.3) is 0 Å². The summed E-state index contributed by atoms with van der Waals surface area (Å²) in [7, 11) is 1.65. The summed E-state index contributed by atoms with van der Waals surface area (Å²) in [5.74, 6) is -0.252. The topological polar surface area (TPSA) is 64.3 Å². The lowest BCUT2D eigenvalue weighted by Crippen LogP contribution is -2.36. The van der Waals surface area contributed by atoms with E-state index in [1.165, 1.54) is 0 Å². The first-order chi connectivity index (χ1) is 8.66. The highest BCUT2D eigenvalue weighted by molar-refractivity contribution is 5.79. The van der Waals surface area contributed by atoms with E-state index in [0.717, 1.165) is 12.0 Å². The van der Waals surface area contributed by atoms with Gasteiger partial charge in [0.2, 0.25) is 5.91 Å². The molecule has 0 saturated heterocycles. The second kappa shape index (κ2) is 7.84. The zero-order valence-corrected chi connectivity index (χ0v) is 11.1. The van der Waals surface area contributed by atoms with Crippen molar-refractivity contribution in [3.05, 3.63) is 35.9 Å². The van der Waals surface area contributed by atoms with Gasteiger partial charge >= 0.3 is 0 Å². The lowest BCUT2D eigenvalue weighted by molar-refractivity contribution is -0.125. The normalized spacial score (nSPS) is 13.9. The van der Waals surface area contributed by atoms with Crippen LogP contribution in [0.4, 0.5) is 0 Å². The van der Waals surface area contributed by atoms with Crippen molar-refractivity contribution in [1.29, 1.82) is 0 Å². The van der Waals surface area contributed by atoms with Gasteiger partial charge in [-0.05, 0) is 12.0 Å². The third-order valence-corrected chi connectivity index (χ3v) is 2.96. The Hall–Kier alpha value is -1.39. The minimum absolute atomic E-state index is 0.0116. The summed E-state index contributed by atoms with van der Waals surface area (Å²) in [4.78, 5) is 11.9. The summed E-state index contributed by atoms with van der Waals surface area (Å²) >= 11 is 0. The number of amides is 1. The van der Waals surface area contributed by atoms with Crippen molar-refractivity contribution in [3.8, 4) is 0 Å². The molecule has 0 aromatic heterocycles. The molecule has 0 bridgehead atoms. The summed E-state index contributed by atoms with van der Waals surface area (Å²) < 4.78 is 4.92. The Kier molecular flexibility index (Phi) is 6.39. The number of hydrogen-bond acceptors (Lipinski definition) is 3. The maximum Gasteiger partial charge on any atom is 0.224 e. The molecule has 0 aliphatic heterocycles. The third-order valence-electron chi connectivity index (χ3n) is 2.96. The van der Waals surface area contributed by atoms with Gasteiger partial charge in [0.25, 0.3) is 0 Å². The van der Waals surface area contributed by atoms with E-state index >= 15 is 0 Å². The van der Waals surface area contributed by atoms with Gasteiger partial charge in [-0.15, -0.1) is 0 Å². The van der Waals surface area contributed by atoms with Gasteiger partial charge in [-0.25, -0.2) is 0 Å². The van der Waals surface area contributed by atoms with E-state index in [4.69, 9.17) is 10.5 Å².